The standard InChI is InChI=1S/C20H25N5O4S/c1-15-13-22-18(14-21-15)20(26)23-17-12-16(4-5-19(17)24-6-2-3-7-24)30(27,28)25-8-10-29-11-9-25/h4-5,12-14H,2-3,6-11H2,1H3,(H,23,26). The second kappa shape index (κ2) is 8.66. The molecule has 1 aromatic heterocycles. The molecule has 0 radical (unpaired) electrons. The molecule has 0 bridgehead atoms. The third-order valence-corrected chi connectivity index (χ3v) is 7.18. The Morgan fingerprint density at radius 1 is 1.07 bits per heavy atom. The number of nitrogens with one attached hydrogen (secondary N) is 1. The van der Waals surface area contributed by atoms with Gasteiger partial charge in [0.25, 0.3) is 5.91 Å². The minimum absolute atomic E-state index is 0.151. The van der Waals surface area contributed by atoms with Crippen molar-refractivity contribution >= 4 is 27.3 Å². The van der Waals surface area contributed by atoms with Crippen molar-refractivity contribution in [2.75, 3.05) is 49.6 Å². The van der Waals surface area contributed by atoms with Crippen molar-refractivity contribution in [2.45, 2.75) is 24.7 Å². The molecule has 0 atom stereocenters. The zero-order chi connectivity index (χ0) is 21.1. The second-order valence-corrected chi connectivity index (χ2v) is 9.32. The highest BCUT2D eigenvalue weighted by atomic mass is 32.2. The summed E-state index contributed by atoms with van der Waals surface area (Å²) < 4.78 is 32.9. The lowest BCUT2D eigenvalue weighted by Gasteiger charge is -2.27. The Labute approximate surface area is 176 Å². The van der Waals surface area contributed by atoms with Gasteiger partial charge in [-0.25, -0.2) is 13.4 Å². The van der Waals surface area contributed by atoms with E-state index < -0.39 is 15.9 Å². The summed E-state index contributed by atoms with van der Waals surface area (Å²) in [5.41, 5.74) is 2.15. The summed E-state index contributed by atoms with van der Waals surface area (Å²) >= 11 is 0. The van der Waals surface area contributed by atoms with Gasteiger partial charge >= 0.3 is 0 Å². The molecule has 0 aliphatic carbocycles. The van der Waals surface area contributed by atoms with Gasteiger partial charge in [0.05, 0.1) is 41.4 Å². The van der Waals surface area contributed by atoms with Crippen LogP contribution in [0.3, 0.4) is 0 Å². The van der Waals surface area contributed by atoms with E-state index >= 15 is 0 Å². The van der Waals surface area contributed by atoms with E-state index in [0.717, 1.165) is 31.6 Å². The number of ether oxygens (including phenoxy) is 1. The number of carbonyl (C=O) groups is 1. The highest BCUT2D eigenvalue weighted by molar-refractivity contribution is 7.89. The van der Waals surface area contributed by atoms with Gasteiger partial charge in [0.1, 0.15) is 5.69 Å². The quantitative estimate of drug-likeness (QED) is 0.768. The number of benzene rings is 1. The minimum atomic E-state index is -3.68. The molecule has 2 aliphatic heterocycles. The molecule has 0 saturated carbocycles. The topological polar surface area (TPSA) is 105 Å². The Kier molecular flexibility index (Phi) is 5.98. The number of hydrogen-bond acceptors (Lipinski definition) is 7. The molecule has 1 amide bonds. The first-order chi connectivity index (χ1) is 14.4. The molecule has 4 rings (SSSR count). The zero-order valence-corrected chi connectivity index (χ0v) is 17.7. The number of aromatic nitrogens is 2. The highest BCUT2D eigenvalue weighted by Crippen LogP contribution is 2.32. The largest absolute Gasteiger partial charge is 0.379 e. The molecular weight excluding hydrogens is 406 g/mol. The van der Waals surface area contributed by atoms with Gasteiger partial charge in [0.2, 0.25) is 10.0 Å². The van der Waals surface area contributed by atoms with Crippen LogP contribution in [0.4, 0.5) is 11.4 Å². The molecule has 10 heteroatoms. The molecule has 0 spiro atoms. The molecule has 9 nitrogen and oxygen atoms in total. The predicted molar refractivity (Wildman–Crippen MR) is 112 cm³/mol. The second-order valence-electron chi connectivity index (χ2n) is 7.39. The van der Waals surface area contributed by atoms with E-state index in [4.69, 9.17) is 4.74 Å². The number of sulfonamides is 1. The molecule has 2 aliphatic rings. The van der Waals surface area contributed by atoms with Crippen molar-refractivity contribution in [1.29, 1.82) is 0 Å². The number of nitrogens with zero attached hydrogens (tertiary/aromatic N) is 4. The summed E-state index contributed by atoms with van der Waals surface area (Å²) in [6, 6.07) is 4.92. The summed E-state index contributed by atoms with van der Waals surface area (Å²) in [6.45, 7) is 4.90. The fourth-order valence-electron chi connectivity index (χ4n) is 3.64. The van der Waals surface area contributed by atoms with Gasteiger partial charge in [-0.1, -0.05) is 0 Å². The van der Waals surface area contributed by atoms with Gasteiger partial charge in [-0.15, -0.1) is 0 Å². The van der Waals surface area contributed by atoms with Gasteiger partial charge in [0.15, 0.2) is 0 Å². The van der Waals surface area contributed by atoms with Crippen LogP contribution in [0.5, 0.6) is 0 Å². The smallest absolute Gasteiger partial charge is 0.275 e. The van der Waals surface area contributed by atoms with Crippen LogP contribution in [-0.2, 0) is 14.8 Å². The zero-order valence-electron chi connectivity index (χ0n) is 16.9. The van der Waals surface area contributed by atoms with Crippen molar-refractivity contribution in [1.82, 2.24) is 14.3 Å². The van der Waals surface area contributed by atoms with E-state index in [1.807, 2.05) is 0 Å². The molecule has 2 fully saturated rings. The van der Waals surface area contributed by atoms with Crippen LogP contribution < -0.4 is 10.2 Å². The average molecular weight is 432 g/mol. The Morgan fingerprint density at radius 3 is 2.47 bits per heavy atom. The van der Waals surface area contributed by atoms with Gasteiger partial charge in [-0.05, 0) is 38.0 Å². The van der Waals surface area contributed by atoms with Crippen molar-refractivity contribution in [3.63, 3.8) is 0 Å². The van der Waals surface area contributed by atoms with E-state index in [1.54, 1.807) is 19.1 Å². The lowest BCUT2D eigenvalue weighted by molar-refractivity contribution is 0.0730. The molecule has 2 aromatic rings. The number of hydrogen-bond donors (Lipinski definition) is 1. The molecule has 30 heavy (non-hydrogen) atoms. The molecule has 160 valence electrons. The minimum Gasteiger partial charge on any atom is -0.379 e. The maximum Gasteiger partial charge on any atom is 0.275 e. The van der Waals surface area contributed by atoms with E-state index in [2.05, 4.69) is 20.2 Å². The lowest BCUT2D eigenvalue weighted by Crippen LogP contribution is -2.40. The molecule has 2 saturated heterocycles. The Hall–Kier alpha value is -2.56. The first-order valence-corrected chi connectivity index (χ1v) is 11.5. The summed E-state index contributed by atoms with van der Waals surface area (Å²) in [4.78, 5) is 23.3. The van der Waals surface area contributed by atoms with Crippen molar-refractivity contribution < 1.29 is 17.9 Å². The number of aryl methyl sites for hydroxylation is 1. The van der Waals surface area contributed by atoms with Crippen LogP contribution in [0.25, 0.3) is 0 Å². The SMILES string of the molecule is Cc1cnc(C(=O)Nc2cc(S(=O)(=O)N3CCOCC3)ccc2N2CCCC2)cn1. The average Bonchev–Trinajstić information content (AvgIpc) is 3.29. The van der Waals surface area contributed by atoms with E-state index in [0.29, 0.717) is 37.7 Å². The lowest BCUT2D eigenvalue weighted by atomic mass is 10.2. The fraction of sp³-hybridized carbons (Fsp3) is 0.450. The number of rotatable bonds is 5. The molecule has 3 heterocycles. The number of amides is 1. The Balaban J connectivity index is 1.67. The van der Waals surface area contributed by atoms with Gasteiger partial charge in [0, 0.05) is 32.4 Å². The molecule has 1 N–H and O–H groups in total. The van der Waals surface area contributed by atoms with Gasteiger partial charge in [-0.3, -0.25) is 9.78 Å². The summed E-state index contributed by atoms with van der Waals surface area (Å²) in [6.07, 6.45) is 5.05. The van der Waals surface area contributed by atoms with Gasteiger partial charge < -0.3 is 15.0 Å². The molecular formula is C20H25N5O4S. The maximum atomic E-state index is 13.1. The first-order valence-electron chi connectivity index (χ1n) is 10.0. The fourth-order valence-corrected chi connectivity index (χ4v) is 5.08. The molecule has 1 aromatic carbocycles. The van der Waals surface area contributed by atoms with E-state index in [9.17, 15) is 13.2 Å². The summed E-state index contributed by atoms with van der Waals surface area (Å²) in [5, 5.41) is 2.85. The van der Waals surface area contributed by atoms with Crippen LogP contribution in [0.1, 0.15) is 29.0 Å². The van der Waals surface area contributed by atoms with Crippen molar-refractivity contribution in [3.05, 3.63) is 42.0 Å². The summed E-state index contributed by atoms with van der Waals surface area (Å²) in [7, 11) is -3.68. The Bertz CT molecular complexity index is 1010. The number of morpholine rings is 1. The number of carbonyl (C=O) groups excluding carboxylic acids is 1. The van der Waals surface area contributed by atoms with Crippen molar-refractivity contribution in [3.8, 4) is 0 Å². The predicted octanol–water partition coefficient (Wildman–Crippen LogP) is 1.66. The number of anilines is 2. The van der Waals surface area contributed by atoms with Crippen molar-refractivity contribution in [2.24, 2.45) is 0 Å². The third-order valence-electron chi connectivity index (χ3n) is 5.28. The van der Waals surface area contributed by atoms with Crippen LogP contribution >= 0.6 is 0 Å². The van der Waals surface area contributed by atoms with Crippen LogP contribution in [0, 0.1) is 6.92 Å². The molecule has 0 unspecified atom stereocenters. The summed E-state index contributed by atoms with van der Waals surface area (Å²) in [5.74, 6) is -0.427. The monoisotopic (exact) mass is 431 g/mol. The van der Waals surface area contributed by atoms with Gasteiger partial charge in [-0.2, -0.15) is 4.31 Å². The third kappa shape index (κ3) is 4.30. The Morgan fingerprint density at radius 2 is 1.80 bits per heavy atom. The first kappa shape index (κ1) is 20.7. The van der Waals surface area contributed by atoms with Crippen LogP contribution in [0.2, 0.25) is 0 Å². The maximum absolute atomic E-state index is 13.1. The normalized spacial score (nSPS) is 17.8. The van der Waals surface area contributed by atoms with E-state index in [1.165, 1.54) is 22.8 Å². The van der Waals surface area contributed by atoms with Crippen LogP contribution in [-0.4, -0.2) is 68.0 Å². The van der Waals surface area contributed by atoms with E-state index in [-0.39, 0.29) is 10.6 Å². The van der Waals surface area contributed by atoms with Crippen LogP contribution in [0.15, 0.2) is 35.5 Å². The highest BCUT2D eigenvalue weighted by Gasteiger charge is 2.28.